The van der Waals surface area contributed by atoms with E-state index in [0.717, 1.165) is 44.4 Å². The molecule has 4 rings (SSSR count). The molecule has 0 amide bonds. The predicted molar refractivity (Wildman–Crippen MR) is 86.1 cm³/mol. The molecule has 0 unspecified atom stereocenters. The fourth-order valence-corrected chi connectivity index (χ4v) is 3.63. The Kier molecular flexibility index (Phi) is 3.74. The quantitative estimate of drug-likeness (QED) is 0.827. The Morgan fingerprint density at radius 2 is 2.09 bits per heavy atom. The van der Waals surface area contributed by atoms with E-state index >= 15 is 0 Å². The number of hydrogen-bond acceptors (Lipinski definition) is 6. The predicted octanol–water partition coefficient (Wildman–Crippen LogP) is 0.608. The van der Waals surface area contributed by atoms with Gasteiger partial charge in [0.2, 0.25) is 5.95 Å². The van der Waals surface area contributed by atoms with Crippen LogP contribution in [0.3, 0.4) is 0 Å². The molecule has 2 saturated heterocycles. The Labute approximate surface area is 135 Å². The third-order valence-electron chi connectivity index (χ3n) is 4.70. The summed E-state index contributed by atoms with van der Waals surface area (Å²) in [5, 5.41) is 4.43. The lowest BCUT2D eigenvalue weighted by Crippen LogP contribution is -2.51. The molecule has 2 aromatic rings. The van der Waals surface area contributed by atoms with E-state index < -0.39 is 0 Å². The maximum absolute atomic E-state index is 6.00. The average Bonchev–Trinajstić information content (AvgIpc) is 3.10. The highest BCUT2D eigenvalue weighted by Crippen LogP contribution is 2.27. The molecule has 2 aromatic heterocycles. The molecular formula is C16H22N6O. The van der Waals surface area contributed by atoms with Gasteiger partial charge in [-0.05, 0) is 13.0 Å². The number of ether oxygens (including phenoxy) is 1. The number of aromatic nitrogens is 4. The van der Waals surface area contributed by atoms with Gasteiger partial charge in [-0.3, -0.25) is 9.58 Å². The molecule has 0 spiro atoms. The summed E-state index contributed by atoms with van der Waals surface area (Å²) in [6, 6.07) is 2.18. The number of likely N-dealkylation sites (tertiary alicyclic amines) is 1. The van der Waals surface area contributed by atoms with E-state index in [0.29, 0.717) is 6.04 Å². The lowest BCUT2D eigenvalue weighted by atomic mass is 10.1. The Morgan fingerprint density at radius 1 is 1.26 bits per heavy atom. The third kappa shape index (κ3) is 2.82. The van der Waals surface area contributed by atoms with Crippen molar-refractivity contribution in [1.82, 2.24) is 24.6 Å². The maximum atomic E-state index is 6.00. The Hall–Kier alpha value is -1.99. The van der Waals surface area contributed by atoms with Gasteiger partial charge in [-0.25, -0.2) is 9.97 Å². The maximum Gasteiger partial charge on any atom is 0.225 e. The summed E-state index contributed by atoms with van der Waals surface area (Å²) >= 11 is 0. The van der Waals surface area contributed by atoms with Crippen molar-refractivity contribution in [3.8, 4) is 0 Å². The Morgan fingerprint density at radius 3 is 2.83 bits per heavy atom. The van der Waals surface area contributed by atoms with E-state index in [9.17, 15) is 0 Å². The van der Waals surface area contributed by atoms with Gasteiger partial charge in [0.1, 0.15) is 0 Å². The molecule has 0 N–H and O–H groups in total. The molecule has 4 heterocycles. The monoisotopic (exact) mass is 314 g/mol. The summed E-state index contributed by atoms with van der Waals surface area (Å²) in [6.07, 6.45) is 5.94. The molecular weight excluding hydrogens is 292 g/mol. The Balaban J connectivity index is 1.50. The first kappa shape index (κ1) is 14.6. The number of anilines is 1. The minimum absolute atomic E-state index is 0.226. The van der Waals surface area contributed by atoms with Crippen LogP contribution in [-0.2, 0) is 18.3 Å². The molecule has 0 radical (unpaired) electrons. The van der Waals surface area contributed by atoms with Crippen molar-refractivity contribution in [2.24, 2.45) is 7.05 Å². The largest absolute Gasteiger partial charge is 0.373 e. The van der Waals surface area contributed by atoms with E-state index in [-0.39, 0.29) is 6.10 Å². The normalized spacial score (nSPS) is 24.9. The summed E-state index contributed by atoms with van der Waals surface area (Å²) in [4.78, 5) is 13.6. The van der Waals surface area contributed by atoms with Crippen LogP contribution in [-0.4, -0.2) is 63.0 Å². The number of hydrogen-bond donors (Lipinski definition) is 0. The van der Waals surface area contributed by atoms with Gasteiger partial charge in [0.05, 0.1) is 24.4 Å². The first-order valence-electron chi connectivity index (χ1n) is 8.07. The van der Waals surface area contributed by atoms with Crippen molar-refractivity contribution in [2.75, 3.05) is 31.1 Å². The van der Waals surface area contributed by atoms with Gasteiger partial charge < -0.3 is 9.64 Å². The van der Waals surface area contributed by atoms with Gasteiger partial charge in [-0.15, -0.1) is 0 Å². The highest BCUT2D eigenvalue weighted by atomic mass is 16.5. The second-order valence-electron chi connectivity index (χ2n) is 6.33. The van der Waals surface area contributed by atoms with Gasteiger partial charge in [0.25, 0.3) is 0 Å². The van der Waals surface area contributed by atoms with E-state index in [1.165, 1.54) is 5.56 Å². The molecule has 122 valence electrons. The van der Waals surface area contributed by atoms with E-state index in [2.05, 4.69) is 38.0 Å². The van der Waals surface area contributed by atoms with Crippen LogP contribution in [0.2, 0.25) is 0 Å². The SMILES string of the molecule is Cc1nn(C)cc1CN1C[C@@H]2OCCN(c3ncccn3)[C@H]2C1. The van der Waals surface area contributed by atoms with Crippen molar-refractivity contribution < 1.29 is 4.74 Å². The van der Waals surface area contributed by atoms with E-state index in [1.54, 1.807) is 12.4 Å². The fraction of sp³-hybridized carbons (Fsp3) is 0.562. The molecule has 0 aliphatic carbocycles. The first-order valence-corrected chi connectivity index (χ1v) is 8.07. The standard InChI is InChI=1S/C16H22N6O/c1-12-13(8-20(2)19-12)9-21-10-14-15(11-21)23-7-6-22(14)16-17-4-3-5-18-16/h3-5,8,14-15H,6-7,9-11H2,1-2H3/t14-,15-/m0/s1. The highest BCUT2D eigenvalue weighted by molar-refractivity contribution is 5.33. The van der Waals surface area contributed by atoms with Gasteiger partial charge in [-0.1, -0.05) is 0 Å². The highest BCUT2D eigenvalue weighted by Gasteiger charge is 2.41. The van der Waals surface area contributed by atoms with Gasteiger partial charge in [0.15, 0.2) is 0 Å². The molecule has 0 saturated carbocycles. The van der Waals surface area contributed by atoms with Gasteiger partial charge >= 0.3 is 0 Å². The lowest BCUT2D eigenvalue weighted by Gasteiger charge is -2.36. The van der Waals surface area contributed by atoms with Crippen LogP contribution >= 0.6 is 0 Å². The van der Waals surface area contributed by atoms with Crippen LogP contribution in [0.1, 0.15) is 11.3 Å². The fourth-order valence-electron chi connectivity index (χ4n) is 3.63. The minimum Gasteiger partial charge on any atom is -0.373 e. The Bertz CT molecular complexity index is 672. The topological polar surface area (TPSA) is 59.3 Å². The number of aryl methyl sites for hydroxylation is 2. The zero-order valence-corrected chi connectivity index (χ0v) is 13.6. The number of morpholine rings is 1. The van der Waals surface area contributed by atoms with Crippen molar-refractivity contribution in [2.45, 2.75) is 25.6 Å². The number of rotatable bonds is 3. The van der Waals surface area contributed by atoms with Crippen LogP contribution < -0.4 is 4.90 Å². The van der Waals surface area contributed by atoms with E-state index in [1.807, 2.05) is 17.8 Å². The molecule has 2 fully saturated rings. The molecule has 2 aliphatic heterocycles. The summed E-state index contributed by atoms with van der Waals surface area (Å²) < 4.78 is 7.88. The lowest BCUT2D eigenvalue weighted by molar-refractivity contribution is 0.0300. The summed E-state index contributed by atoms with van der Waals surface area (Å²) in [6.45, 7) is 6.49. The average molecular weight is 314 g/mol. The minimum atomic E-state index is 0.226. The third-order valence-corrected chi connectivity index (χ3v) is 4.70. The summed E-state index contributed by atoms with van der Waals surface area (Å²) in [7, 11) is 1.97. The summed E-state index contributed by atoms with van der Waals surface area (Å²) in [5.74, 6) is 0.810. The van der Waals surface area contributed by atoms with Crippen LogP contribution in [0.15, 0.2) is 24.7 Å². The molecule has 2 aliphatic rings. The molecule has 0 bridgehead atoms. The second kappa shape index (κ2) is 5.90. The first-order chi connectivity index (χ1) is 11.2. The van der Waals surface area contributed by atoms with Crippen LogP contribution in [0.4, 0.5) is 5.95 Å². The van der Waals surface area contributed by atoms with Gasteiger partial charge in [-0.2, -0.15) is 5.10 Å². The van der Waals surface area contributed by atoms with Crippen LogP contribution in [0, 0.1) is 6.92 Å². The molecule has 7 nitrogen and oxygen atoms in total. The number of nitrogens with zero attached hydrogens (tertiary/aromatic N) is 6. The van der Waals surface area contributed by atoms with Crippen molar-refractivity contribution in [1.29, 1.82) is 0 Å². The van der Waals surface area contributed by atoms with Crippen LogP contribution in [0.5, 0.6) is 0 Å². The molecule has 7 heteroatoms. The molecule has 0 aromatic carbocycles. The van der Waals surface area contributed by atoms with E-state index in [4.69, 9.17) is 4.74 Å². The van der Waals surface area contributed by atoms with Crippen molar-refractivity contribution in [3.63, 3.8) is 0 Å². The summed E-state index contributed by atoms with van der Waals surface area (Å²) in [5.41, 5.74) is 2.39. The van der Waals surface area contributed by atoms with Crippen molar-refractivity contribution in [3.05, 3.63) is 35.9 Å². The second-order valence-corrected chi connectivity index (χ2v) is 6.33. The zero-order chi connectivity index (χ0) is 15.8. The smallest absolute Gasteiger partial charge is 0.225 e. The zero-order valence-electron chi connectivity index (χ0n) is 13.6. The van der Waals surface area contributed by atoms with Gasteiger partial charge in [0, 0.05) is 57.4 Å². The molecule has 2 atom stereocenters. The van der Waals surface area contributed by atoms with Crippen LogP contribution in [0.25, 0.3) is 0 Å². The molecule has 23 heavy (non-hydrogen) atoms. The van der Waals surface area contributed by atoms with Crippen molar-refractivity contribution >= 4 is 5.95 Å². The number of fused-ring (bicyclic) bond motifs is 1.